The van der Waals surface area contributed by atoms with Gasteiger partial charge in [0.2, 0.25) is 11.8 Å². The van der Waals surface area contributed by atoms with Gasteiger partial charge in [0, 0.05) is 28.9 Å². The molecule has 0 spiro atoms. The number of carbonyl (C=O) groups is 2. The van der Waals surface area contributed by atoms with Gasteiger partial charge in [-0.15, -0.1) is 11.8 Å². The smallest absolute Gasteiger partial charge is 0.264 e. The number of benzene rings is 4. The summed E-state index contributed by atoms with van der Waals surface area (Å²) in [4.78, 5) is 31.1. The quantitative estimate of drug-likeness (QED) is 0.0898. The van der Waals surface area contributed by atoms with E-state index in [9.17, 15) is 18.0 Å². The number of sulfonamides is 1. The molecule has 0 fully saturated rings. The molecule has 0 saturated heterocycles. The Balaban J connectivity index is 1.83. The van der Waals surface area contributed by atoms with Gasteiger partial charge in [0.05, 0.1) is 17.2 Å². The zero-order chi connectivity index (χ0) is 34.5. The molecular formula is C37H42BrN3O5S2. The van der Waals surface area contributed by atoms with E-state index in [-0.39, 0.29) is 29.5 Å². The van der Waals surface area contributed by atoms with E-state index in [0.717, 1.165) is 37.6 Å². The lowest BCUT2D eigenvalue weighted by atomic mass is 10.0. The van der Waals surface area contributed by atoms with E-state index >= 15 is 0 Å². The van der Waals surface area contributed by atoms with Crippen molar-refractivity contribution in [1.29, 1.82) is 0 Å². The van der Waals surface area contributed by atoms with Crippen LogP contribution in [0.15, 0.2) is 117 Å². The van der Waals surface area contributed by atoms with Crippen LogP contribution in [-0.2, 0) is 32.6 Å². The zero-order valence-corrected chi connectivity index (χ0v) is 30.7. The van der Waals surface area contributed by atoms with E-state index in [2.05, 4.69) is 21.2 Å². The molecule has 4 aromatic carbocycles. The second-order valence-corrected chi connectivity index (χ2v) is 14.7. The van der Waals surface area contributed by atoms with Crippen LogP contribution in [-0.4, -0.2) is 57.1 Å². The first-order valence-electron chi connectivity index (χ1n) is 15.9. The topological polar surface area (TPSA) is 96.0 Å². The van der Waals surface area contributed by atoms with Gasteiger partial charge in [-0.3, -0.25) is 13.9 Å². The minimum atomic E-state index is -4.26. The second-order valence-electron chi connectivity index (χ2n) is 11.1. The minimum Gasteiger partial charge on any atom is -0.492 e. The number of hydrogen-bond donors (Lipinski definition) is 1. The Morgan fingerprint density at radius 3 is 2.25 bits per heavy atom. The Hall–Kier alpha value is -3.80. The predicted molar refractivity (Wildman–Crippen MR) is 197 cm³/mol. The third-order valence-corrected chi connectivity index (χ3v) is 10.7. The highest BCUT2D eigenvalue weighted by molar-refractivity contribution is 9.10. The molecule has 0 aliphatic rings. The molecule has 0 aliphatic heterocycles. The van der Waals surface area contributed by atoms with Crippen LogP contribution in [0.5, 0.6) is 5.75 Å². The van der Waals surface area contributed by atoms with Gasteiger partial charge < -0.3 is 15.0 Å². The molecule has 48 heavy (non-hydrogen) atoms. The number of rotatable bonds is 17. The standard InChI is InChI=1S/C37H42BrN3O5S2/c1-4-6-23-39-37(43)34(25-28-13-8-7-9-14-28)40(26-29-15-12-16-30(38)24-29)36(42)27-41(33-17-10-11-18-35(33)46-5-2)48(44,45)32-21-19-31(47-3)20-22-32/h7-22,24,34H,4-6,23,25-27H2,1-3H3,(H,39,43). The van der Waals surface area contributed by atoms with Gasteiger partial charge in [-0.05, 0) is 79.3 Å². The highest BCUT2D eigenvalue weighted by Gasteiger charge is 2.35. The van der Waals surface area contributed by atoms with Crippen molar-refractivity contribution in [2.75, 3.05) is 30.3 Å². The van der Waals surface area contributed by atoms with Crippen molar-refractivity contribution in [3.05, 3.63) is 119 Å². The molecule has 4 rings (SSSR count). The predicted octanol–water partition coefficient (Wildman–Crippen LogP) is 7.32. The Kier molecular flexibility index (Phi) is 14.0. The first kappa shape index (κ1) is 37.0. The number of halogens is 1. The lowest BCUT2D eigenvalue weighted by Crippen LogP contribution is -2.53. The summed E-state index contributed by atoms with van der Waals surface area (Å²) >= 11 is 5.02. The van der Waals surface area contributed by atoms with Gasteiger partial charge in [0.25, 0.3) is 10.0 Å². The molecule has 0 saturated carbocycles. The molecule has 8 nitrogen and oxygen atoms in total. The Morgan fingerprint density at radius 1 is 0.896 bits per heavy atom. The molecule has 2 amide bonds. The van der Waals surface area contributed by atoms with Gasteiger partial charge >= 0.3 is 0 Å². The van der Waals surface area contributed by atoms with Crippen molar-refractivity contribution in [2.45, 2.75) is 55.5 Å². The van der Waals surface area contributed by atoms with Gasteiger partial charge in [-0.1, -0.05) is 83.9 Å². The molecule has 1 atom stereocenters. The zero-order valence-electron chi connectivity index (χ0n) is 27.5. The first-order valence-corrected chi connectivity index (χ1v) is 19.4. The highest BCUT2D eigenvalue weighted by Crippen LogP contribution is 2.33. The molecule has 0 aliphatic carbocycles. The molecule has 0 aromatic heterocycles. The van der Waals surface area contributed by atoms with Crippen molar-refractivity contribution < 1.29 is 22.7 Å². The summed E-state index contributed by atoms with van der Waals surface area (Å²) in [7, 11) is -4.26. The highest BCUT2D eigenvalue weighted by atomic mass is 79.9. The minimum absolute atomic E-state index is 0.0380. The van der Waals surface area contributed by atoms with Crippen molar-refractivity contribution >= 4 is 55.2 Å². The van der Waals surface area contributed by atoms with Crippen LogP contribution in [0.2, 0.25) is 0 Å². The van der Waals surface area contributed by atoms with Gasteiger partial charge in [-0.2, -0.15) is 0 Å². The molecule has 0 heterocycles. The average Bonchev–Trinajstić information content (AvgIpc) is 3.09. The molecule has 1 unspecified atom stereocenters. The Morgan fingerprint density at radius 2 is 1.58 bits per heavy atom. The second kappa shape index (κ2) is 18.1. The third kappa shape index (κ3) is 9.87. The van der Waals surface area contributed by atoms with E-state index in [1.807, 2.05) is 74.7 Å². The number of carbonyl (C=O) groups excluding carboxylic acids is 2. The molecule has 0 radical (unpaired) electrons. The number of hydrogen-bond acceptors (Lipinski definition) is 6. The number of nitrogens with one attached hydrogen (secondary N) is 1. The van der Waals surface area contributed by atoms with E-state index < -0.39 is 28.5 Å². The summed E-state index contributed by atoms with van der Waals surface area (Å²) in [6.45, 7) is 4.15. The lowest BCUT2D eigenvalue weighted by molar-refractivity contribution is -0.140. The normalized spacial score (nSPS) is 11.8. The summed E-state index contributed by atoms with van der Waals surface area (Å²) in [5.74, 6) is -0.502. The number of anilines is 1. The van der Waals surface area contributed by atoms with Crippen molar-refractivity contribution in [3.8, 4) is 5.75 Å². The summed E-state index contributed by atoms with van der Waals surface area (Å²) in [5.41, 5.74) is 1.89. The van der Waals surface area contributed by atoms with Crippen LogP contribution in [0, 0.1) is 0 Å². The number of nitrogens with zero attached hydrogens (tertiary/aromatic N) is 2. The summed E-state index contributed by atoms with van der Waals surface area (Å²) in [5, 5.41) is 3.02. The number of thioether (sulfide) groups is 1. The van der Waals surface area contributed by atoms with E-state index in [4.69, 9.17) is 4.74 Å². The summed E-state index contributed by atoms with van der Waals surface area (Å²) in [6, 6.07) is 29.5. The maximum atomic E-state index is 14.7. The largest absolute Gasteiger partial charge is 0.492 e. The van der Waals surface area contributed by atoms with Crippen LogP contribution in [0.3, 0.4) is 0 Å². The fourth-order valence-electron chi connectivity index (χ4n) is 5.22. The van der Waals surface area contributed by atoms with Crippen LogP contribution in [0.1, 0.15) is 37.8 Å². The number of unbranched alkanes of at least 4 members (excludes halogenated alkanes) is 1. The molecular weight excluding hydrogens is 710 g/mol. The fraction of sp³-hybridized carbons (Fsp3) is 0.297. The van der Waals surface area contributed by atoms with E-state index in [0.29, 0.717) is 18.9 Å². The fourth-order valence-corrected chi connectivity index (χ4v) is 7.50. The van der Waals surface area contributed by atoms with Crippen LogP contribution >= 0.6 is 27.7 Å². The molecule has 4 aromatic rings. The van der Waals surface area contributed by atoms with Gasteiger partial charge in [0.1, 0.15) is 18.3 Å². The SMILES string of the molecule is CCCCNC(=O)C(Cc1ccccc1)N(Cc1cccc(Br)c1)C(=O)CN(c1ccccc1OCC)S(=O)(=O)c1ccc(SC)cc1. The van der Waals surface area contributed by atoms with Crippen molar-refractivity contribution in [2.24, 2.45) is 0 Å². The lowest BCUT2D eigenvalue weighted by Gasteiger charge is -2.34. The Bertz CT molecular complexity index is 1750. The maximum absolute atomic E-state index is 14.7. The van der Waals surface area contributed by atoms with Crippen molar-refractivity contribution in [1.82, 2.24) is 10.2 Å². The van der Waals surface area contributed by atoms with Crippen LogP contribution in [0.25, 0.3) is 0 Å². The van der Waals surface area contributed by atoms with Crippen LogP contribution in [0.4, 0.5) is 5.69 Å². The molecule has 254 valence electrons. The number of amides is 2. The molecule has 0 bridgehead atoms. The first-order chi connectivity index (χ1) is 23.2. The summed E-state index contributed by atoms with van der Waals surface area (Å²) < 4.78 is 36.6. The van der Waals surface area contributed by atoms with Gasteiger partial charge in [-0.25, -0.2) is 8.42 Å². The van der Waals surface area contributed by atoms with E-state index in [1.54, 1.807) is 48.5 Å². The van der Waals surface area contributed by atoms with Crippen molar-refractivity contribution in [3.63, 3.8) is 0 Å². The Labute approximate surface area is 297 Å². The monoisotopic (exact) mass is 751 g/mol. The van der Waals surface area contributed by atoms with Crippen LogP contribution < -0.4 is 14.4 Å². The number of para-hydroxylation sites is 2. The van der Waals surface area contributed by atoms with E-state index in [1.165, 1.54) is 16.7 Å². The maximum Gasteiger partial charge on any atom is 0.264 e. The average molecular weight is 753 g/mol. The van der Waals surface area contributed by atoms with Gasteiger partial charge in [0.15, 0.2) is 0 Å². The summed E-state index contributed by atoms with van der Waals surface area (Å²) in [6.07, 6.45) is 3.85. The third-order valence-electron chi connectivity index (χ3n) is 7.70. The molecule has 11 heteroatoms. The number of ether oxygens (including phenoxy) is 1. The molecule has 1 N–H and O–H groups in total.